The molecule has 0 aromatic heterocycles. The Morgan fingerprint density at radius 2 is 1.70 bits per heavy atom. The fourth-order valence-corrected chi connectivity index (χ4v) is 7.78. The summed E-state index contributed by atoms with van der Waals surface area (Å²) in [5.41, 5.74) is -1.17. The lowest BCUT2D eigenvalue weighted by Crippen LogP contribution is -2.60. The van der Waals surface area contributed by atoms with E-state index < -0.39 is 84.3 Å². The first-order valence-corrected chi connectivity index (χ1v) is 18.2. The number of esters is 1. The quantitative estimate of drug-likeness (QED) is 0.157. The van der Waals surface area contributed by atoms with Crippen molar-refractivity contribution >= 4 is 11.8 Å². The van der Waals surface area contributed by atoms with Crippen LogP contribution in [0.2, 0.25) is 0 Å². The molecule has 2 fully saturated rings. The number of aliphatic hydroxyl groups excluding tert-OH is 3. The average molecular weight is 716 g/mol. The zero-order chi connectivity index (χ0) is 37.9. The zero-order valence-electron chi connectivity index (χ0n) is 32.5. The minimum atomic E-state index is -1.30. The van der Waals surface area contributed by atoms with Gasteiger partial charge in [-0.05, 0) is 74.6 Å². The van der Waals surface area contributed by atoms with Gasteiger partial charge in [-0.15, -0.1) is 0 Å². The third kappa shape index (κ3) is 9.45. The van der Waals surface area contributed by atoms with Crippen molar-refractivity contribution in [3.05, 3.63) is 11.3 Å². The van der Waals surface area contributed by atoms with Gasteiger partial charge in [-0.25, -0.2) is 0 Å². The highest BCUT2D eigenvalue weighted by Gasteiger charge is 2.54. The highest BCUT2D eigenvalue weighted by Crippen LogP contribution is 2.46. The summed E-state index contributed by atoms with van der Waals surface area (Å²) in [6, 6.07) is -0.249. The van der Waals surface area contributed by atoms with Gasteiger partial charge < -0.3 is 53.4 Å². The van der Waals surface area contributed by atoms with Crippen molar-refractivity contribution in [3.8, 4) is 0 Å². The molecule has 13 heteroatoms. The van der Waals surface area contributed by atoms with Gasteiger partial charge in [0, 0.05) is 44.8 Å². The van der Waals surface area contributed by atoms with Crippen molar-refractivity contribution in [2.75, 3.05) is 21.2 Å². The first-order chi connectivity index (χ1) is 23.2. The fourth-order valence-electron chi connectivity index (χ4n) is 7.78. The summed E-state index contributed by atoms with van der Waals surface area (Å²) in [5.74, 6) is -2.13. The Labute approximate surface area is 298 Å². The van der Waals surface area contributed by atoms with Crippen LogP contribution in [0.1, 0.15) is 101 Å². The van der Waals surface area contributed by atoms with E-state index in [-0.39, 0.29) is 30.8 Å². The van der Waals surface area contributed by atoms with Crippen LogP contribution in [0.3, 0.4) is 0 Å². The highest BCUT2D eigenvalue weighted by molar-refractivity contribution is 5.82. The molecule has 3 aliphatic heterocycles. The molecule has 13 nitrogen and oxygen atoms in total. The fraction of sp³-hybridized carbons (Fsp3) is 0.892. The molecule has 2 saturated heterocycles. The minimum absolute atomic E-state index is 0.0433. The SMILES string of the molecule is CCC(=O)[C@@H](C)C1=C(C)C[C@](C)([C@H](O[C@@H]2O[C@H](C)C[C@H](N(C)C)[C@H]2O)[C@@H](C)[C@H](O[C@H]2C[C@@](C)(OC)[C@@H](O)[C@H](C)O2)[C@@H](C)C(=O)O[C@@H](O)CC)O1. The molecule has 0 aliphatic carbocycles. The van der Waals surface area contributed by atoms with Crippen LogP contribution in [-0.4, -0.2) is 126 Å². The molecule has 3 N–H and O–H groups in total. The molecule has 0 amide bonds. The largest absolute Gasteiger partial charge is 0.488 e. The second-order valence-corrected chi connectivity index (χ2v) is 15.4. The van der Waals surface area contributed by atoms with E-state index in [0.717, 1.165) is 5.57 Å². The first kappa shape index (κ1) is 42.7. The van der Waals surface area contributed by atoms with Crippen LogP contribution in [0, 0.1) is 17.8 Å². The lowest BCUT2D eigenvalue weighted by Gasteiger charge is -2.48. The van der Waals surface area contributed by atoms with Gasteiger partial charge in [-0.3, -0.25) is 9.59 Å². The minimum Gasteiger partial charge on any atom is -0.488 e. The van der Waals surface area contributed by atoms with Crippen LogP contribution in [0.4, 0.5) is 0 Å². The number of likely N-dealkylation sites (N-methyl/N-ethyl adjacent to an activating group) is 1. The summed E-state index contributed by atoms with van der Waals surface area (Å²) in [6.07, 6.45) is -6.18. The molecule has 0 spiro atoms. The van der Waals surface area contributed by atoms with Crippen LogP contribution >= 0.6 is 0 Å². The number of carbonyl (C=O) groups excluding carboxylic acids is 2. The maximum absolute atomic E-state index is 13.6. The number of nitrogens with zero attached hydrogens (tertiary/aromatic N) is 1. The van der Waals surface area contributed by atoms with Gasteiger partial charge in [0.05, 0.1) is 35.7 Å². The Morgan fingerprint density at radius 1 is 1.06 bits per heavy atom. The van der Waals surface area contributed by atoms with Crippen LogP contribution in [0.25, 0.3) is 0 Å². The van der Waals surface area contributed by atoms with E-state index >= 15 is 0 Å². The Balaban J connectivity index is 2.10. The number of aliphatic hydroxyl groups is 3. The summed E-state index contributed by atoms with van der Waals surface area (Å²) in [7, 11) is 5.31. The summed E-state index contributed by atoms with van der Waals surface area (Å²) in [5, 5.41) is 32.7. The summed E-state index contributed by atoms with van der Waals surface area (Å²) >= 11 is 0. The van der Waals surface area contributed by atoms with E-state index in [9.17, 15) is 24.9 Å². The van der Waals surface area contributed by atoms with Crippen molar-refractivity contribution < 1.29 is 58.1 Å². The van der Waals surface area contributed by atoms with Gasteiger partial charge in [0.15, 0.2) is 18.9 Å². The van der Waals surface area contributed by atoms with Crippen LogP contribution < -0.4 is 0 Å². The zero-order valence-corrected chi connectivity index (χ0v) is 32.5. The molecule has 0 bridgehead atoms. The predicted molar refractivity (Wildman–Crippen MR) is 185 cm³/mol. The van der Waals surface area contributed by atoms with Crippen molar-refractivity contribution in [1.82, 2.24) is 4.90 Å². The molecular formula is C37H65NO12. The number of hydrogen-bond acceptors (Lipinski definition) is 13. The van der Waals surface area contributed by atoms with Crippen molar-refractivity contribution in [1.29, 1.82) is 0 Å². The number of ether oxygens (including phenoxy) is 7. The molecule has 0 aromatic rings. The third-order valence-electron chi connectivity index (χ3n) is 11.0. The van der Waals surface area contributed by atoms with Crippen molar-refractivity contribution in [3.63, 3.8) is 0 Å². The van der Waals surface area contributed by atoms with E-state index in [2.05, 4.69) is 0 Å². The molecule has 0 unspecified atom stereocenters. The predicted octanol–water partition coefficient (Wildman–Crippen LogP) is 3.70. The second-order valence-electron chi connectivity index (χ2n) is 15.4. The maximum atomic E-state index is 13.6. The lowest BCUT2D eigenvalue weighted by atomic mass is 9.79. The summed E-state index contributed by atoms with van der Waals surface area (Å²) in [6.45, 7) is 18.1. The highest BCUT2D eigenvalue weighted by atomic mass is 16.7. The Kier molecular flexibility index (Phi) is 14.9. The van der Waals surface area contributed by atoms with Gasteiger partial charge in [0.25, 0.3) is 0 Å². The summed E-state index contributed by atoms with van der Waals surface area (Å²) in [4.78, 5) is 28.4. The van der Waals surface area contributed by atoms with E-state index in [1.54, 1.807) is 27.7 Å². The number of rotatable bonds is 16. The number of Topliss-reactive ketones (excluding diaryl/α,β-unsaturated/α-hetero) is 1. The number of allylic oxidation sites excluding steroid dienone is 1. The Bertz CT molecular complexity index is 1180. The molecular weight excluding hydrogens is 650 g/mol. The van der Waals surface area contributed by atoms with Crippen LogP contribution in [0.5, 0.6) is 0 Å². The van der Waals surface area contributed by atoms with Gasteiger partial charge in [-0.1, -0.05) is 20.8 Å². The van der Waals surface area contributed by atoms with E-state index in [4.69, 9.17) is 33.2 Å². The third-order valence-corrected chi connectivity index (χ3v) is 11.0. The monoisotopic (exact) mass is 715 g/mol. The second kappa shape index (κ2) is 17.4. The Hall–Kier alpha value is -1.68. The van der Waals surface area contributed by atoms with Crippen molar-refractivity contribution in [2.45, 2.75) is 174 Å². The molecule has 290 valence electrons. The van der Waals surface area contributed by atoms with E-state index in [1.807, 2.05) is 60.5 Å². The molecule has 15 atom stereocenters. The molecule has 3 rings (SSSR count). The standard InChI is InChI=1S/C37H65NO12/c1-14-26(39)21(5)30-19(3)17-37(10,50-30)33(49-35-29(41)25(38(11)12)16-20(4)45-35)22(6)31(23(7)34(43)47-27(40)15-2)48-28-18-36(9,44-13)32(42)24(8)46-28/h20-25,27-29,31-33,35,40-42H,14-18H2,1-13H3/t20-,21-,22+,23-,24+,25+,27-,28+,29-,31+,32+,33-,35+,36-,37-/m1/s1. The number of ketones is 1. The first-order valence-electron chi connectivity index (χ1n) is 18.2. The van der Waals surface area contributed by atoms with Crippen LogP contribution in [0.15, 0.2) is 11.3 Å². The molecule has 0 radical (unpaired) electrons. The summed E-state index contributed by atoms with van der Waals surface area (Å²) < 4.78 is 43.7. The van der Waals surface area contributed by atoms with Gasteiger partial charge in [0.2, 0.25) is 0 Å². The maximum Gasteiger partial charge on any atom is 0.313 e. The topological polar surface area (TPSA) is 163 Å². The Morgan fingerprint density at radius 3 is 2.26 bits per heavy atom. The molecule has 3 heterocycles. The van der Waals surface area contributed by atoms with Crippen molar-refractivity contribution in [2.24, 2.45) is 17.8 Å². The lowest BCUT2D eigenvalue weighted by molar-refractivity contribution is -0.317. The van der Waals surface area contributed by atoms with Crippen LogP contribution in [-0.2, 0) is 42.7 Å². The molecule has 3 aliphatic rings. The molecule has 0 saturated carbocycles. The number of hydrogen-bond donors (Lipinski definition) is 3. The average Bonchev–Trinajstić information content (AvgIpc) is 3.38. The molecule has 0 aromatic carbocycles. The van der Waals surface area contributed by atoms with E-state index in [1.165, 1.54) is 7.11 Å². The normalized spacial score (nSPS) is 37.1. The number of carbonyl (C=O) groups is 2. The van der Waals surface area contributed by atoms with Gasteiger partial charge in [-0.2, -0.15) is 0 Å². The number of methoxy groups -OCH3 is 1. The molecule has 50 heavy (non-hydrogen) atoms. The van der Waals surface area contributed by atoms with E-state index in [0.29, 0.717) is 25.0 Å². The smallest absolute Gasteiger partial charge is 0.313 e. The van der Waals surface area contributed by atoms with Gasteiger partial charge in [0.1, 0.15) is 35.5 Å². The van der Waals surface area contributed by atoms with Gasteiger partial charge >= 0.3 is 5.97 Å².